The van der Waals surface area contributed by atoms with Crippen molar-refractivity contribution in [2.45, 2.75) is 89.3 Å². The van der Waals surface area contributed by atoms with Gasteiger partial charge in [0.05, 0.1) is 33.0 Å². The summed E-state index contributed by atoms with van der Waals surface area (Å²) < 4.78 is 0.452. The molecule has 0 rings (SSSR count). The predicted molar refractivity (Wildman–Crippen MR) is 103 cm³/mol. The van der Waals surface area contributed by atoms with Crippen LogP contribution in [0.3, 0.4) is 0 Å². The molecule has 0 aliphatic rings. The predicted octanol–water partition coefficient (Wildman–Crippen LogP) is 4.50. The Balaban J connectivity index is 3.71. The highest BCUT2D eigenvalue weighted by Crippen LogP contribution is 2.30. The van der Waals surface area contributed by atoms with E-state index in [1.54, 1.807) is 0 Å². The zero-order chi connectivity index (χ0) is 18.5. The molecule has 0 radical (unpaired) electrons. The monoisotopic (exact) mass is 361 g/mol. The first kappa shape index (κ1) is 24.0. The smallest absolute Gasteiger partial charge is 0.142 e. The summed E-state index contributed by atoms with van der Waals surface area (Å²) in [6.45, 7) is 2.48. The lowest BCUT2D eigenvalue weighted by atomic mass is 10.0. The fourth-order valence-electron chi connectivity index (χ4n) is 2.99. The number of Topliss-reactive ketones (excluding diaryl/α,β-unsaturated/α-hetero) is 1. The van der Waals surface area contributed by atoms with Gasteiger partial charge in [0.25, 0.3) is 0 Å². The first-order valence-electron chi connectivity index (χ1n) is 9.67. The molecule has 0 spiro atoms. The van der Waals surface area contributed by atoms with Crippen LogP contribution in [0, 0.1) is 0 Å². The summed E-state index contributed by atoms with van der Waals surface area (Å²) in [5.74, 6) is -0.226. The Morgan fingerprint density at radius 1 is 0.875 bits per heavy atom. The van der Waals surface area contributed by atoms with Crippen LogP contribution in [-0.2, 0) is 4.79 Å². The molecule has 0 saturated heterocycles. The van der Waals surface area contributed by atoms with Crippen LogP contribution in [0.4, 0.5) is 0 Å². The maximum absolute atomic E-state index is 12.2. The summed E-state index contributed by atoms with van der Waals surface area (Å²) in [5, 5.41) is 8.74. The van der Waals surface area contributed by atoms with Crippen molar-refractivity contribution < 1.29 is 19.3 Å². The molecule has 0 fully saturated rings. The Kier molecular flexibility index (Phi) is 13.2. The van der Waals surface area contributed by atoms with Crippen molar-refractivity contribution in [1.29, 1.82) is 0 Å². The summed E-state index contributed by atoms with van der Waals surface area (Å²) in [6.07, 6.45) is 14.0. The average Bonchev–Trinajstić information content (AvgIpc) is 2.50. The number of carbonyl (C=O) groups is 1. The number of hydrogen-bond donors (Lipinski definition) is 2. The number of quaternary nitrogens is 1. The molecule has 4 nitrogen and oxygen atoms in total. The summed E-state index contributed by atoms with van der Waals surface area (Å²) in [4.78, 5) is 21.6. The van der Waals surface area contributed by atoms with Gasteiger partial charge in [0, 0.05) is 6.42 Å². The first-order chi connectivity index (χ1) is 11.2. The molecule has 5 heteroatoms. The van der Waals surface area contributed by atoms with Gasteiger partial charge in [-0.1, -0.05) is 71.1 Å². The molecule has 0 aromatic carbocycles. The second-order valence-electron chi connectivity index (χ2n) is 8.07. The Labute approximate surface area is 151 Å². The van der Waals surface area contributed by atoms with Gasteiger partial charge in [-0.25, -0.2) is 0 Å². The van der Waals surface area contributed by atoms with Crippen molar-refractivity contribution in [1.82, 2.24) is 0 Å². The van der Waals surface area contributed by atoms with Crippen LogP contribution in [0.2, 0.25) is 0 Å². The lowest BCUT2D eigenvalue weighted by Crippen LogP contribution is -2.51. The largest absolute Gasteiger partial charge is 0.568 e. The molecule has 0 aliphatic heterocycles. The van der Waals surface area contributed by atoms with E-state index in [2.05, 4.69) is 6.92 Å². The molecule has 1 unspecified atom stereocenters. The fraction of sp³-hybridized carbons (Fsp3) is 0.947. The third kappa shape index (κ3) is 12.4. The number of ketones is 1. The molecule has 0 saturated carbocycles. The zero-order valence-corrected chi connectivity index (χ0v) is 17.3. The molecule has 0 aromatic rings. The van der Waals surface area contributed by atoms with E-state index in [-0.39, 0.29) is 21.1 Å². The highest BCUT2D eigenvalue weighted by Gasteiger charge is 2.31. The fourth-order valence-corrected chi connectivity index (χ4v) is 3.70. The van der Waals surface area contributed by atoms with Gasteiger partial charge in [-0.3, -0.25) is 4.79 Å². The third-order valence-electron chi connectivity index (χ3n) is 4.31. The highest BCUT2D eigenvalue weighted by atomic mass is 31.1. The Bertz CT molecular complexity index is 331. The van der Waals surface area contributed by atoms with Gasteiger partial charge in [0.2, 0.25) is 0 Å². The number of hydrogen-bond acceptors (Lipinski definition) is 3. The molecule has 0 amide bonds. The van der Waals surface area contributed by atoms with Crippen LogP contribution in [0.5, 0.6) is 0 Å². The minimum Gasteiger partial charge on any atom is -0.568 e. The molecule has 144 valence electrons. The number of carbonyl (C=O) groups excluding carboxylic acids is 1. The van der Waals surface area contributed by atoms with Crippen LogP contribution in [0.25, 0.3) is 0 Å². The van der Waals surface area contributed by atoms with Gasteiger partial charge >= 0.3 is 0 Å². The van der Waals surface area contributed by atoms with Gasteiger partial charge in [0.15, 0.2) is 0 Å². The van der Waals surface area contributed by atoms with E-state index in [0.717, 1.165) is 19.3 Å². The minimum absolute atomic E-state index is 0.226. The molecule has 24 heavy (non-hydrogen) atoms. The van der Waals surface area contributed by atoms with Crippen LogP contribution in [0.15, 0.2) is 0 Å². The Morgan fingerprint density at radius 3 is 1.67 bits per heavy atom. The van der Waals surface area contributed by atoms with Crippen molar-refractivity contribution in [3.63, 3.8) is 0 Å². The lowest BCUT2D eigenvalue weighted by Gasteiger charge is -2.40. The van der Waals surface area contributed by atoms with E-state index in [0.29, 0.717) is 10.9 Å². The van der Waals surface area contributed by atoms with Crippen LogP contribution < -0.4 is 0 Å². The number of rotatable bonds is 16. The Morgan fingerprint density at radius 2 is 1.29 bits per heavy atom. The highest BCUT2D eigenvalue weighted by molar-refractivity contribution is 7.34. The van der Waals surface area contributed by atoms with Crippen LogP contribution in [-0.4, -0.2) is 53.3 Å². The van der Waals surface area contributed by atoms with Gasteiger partial charge in [-0.15, -0.1) is 0 Å². The number of aliphatic hydroxyl groups is 1. The molecule has 0 bridgehead atoms. The molecular weight excluding hydrogens is 321 g/mol. The summed E-state index contributed by atoms with van der Waals surface area (Å²) >= 11 is 0. The SMILES string of the molecule is CCCCCCCCCCCCCC(=O)C(O)(C[N+](C)(C)C)[P-]O. The van der Waals surface area contributed by atoms with Gasteiger partial charge in [-0.2, -0.15) is 0 Å². The summed E-state index contributed by atoms with van der Waals surface area (Å²) in [5.41, 5.74) is 0. The number of nitrogens with zero attached hydrogens (tertiary/aromatic N) is 1. The third-order valence-corrected chi connectivity index (χ3v) is 5.04. The minimum atomic E-state index is -1.61. The summed E-state index contributed by atoms with van der Waals surface area (Å²) in [7, 11) is 5.49. The van der Waals surface area contributed by atoms with Crippen molar-refractivity contribution in [2.75, 3.05) is 27.7 Å². The second-order valence-corrected chi connectivity index (χ2v) is 9.01. The van der Waals surface area contributed by atoms with Crippen molar-refractivity contribution in [3.8, 4) is 0 Å². The van der Waals surface area contributed by atoms with E-state index in [4.69, 9.17) is 0 Å². The number of likely N-dealkylation sites (N-methyl/N-ethyl adjacent to an activating group) is 1. The van der Waals surface area contributed by atoms with Gasteiger partial charge in [0.1, 0.15) is 5.78 Å². The molecule has 1 atom stereocenters. The van der Waals surface area contributed by atoms with Crippen molar-refractivity contribution in [2.24, 2.45) is 0 Å². The van der Waals surface area contributed by atoms with E-state index >= 15 is 0 Å². The lowest BCUT2D eigenvalue weighted by molar-refractivity contribution is -0.873. The average molecular weight is 362 g/mol. The number of unbranched alkanes of at least 4 members (excludes halogenated alkanes) is 10. The second kappa shape index (κ2) is 13.2. The van der Waals surface area contributed by atoms with Crippen LogP contribution >= 0.6 is 8.81 Å². The zero-order valence-electron chi connectivity index (χ0n) is 16.4. The van der Waals surface area contributed by atoms with Crippen molar-refractivity contribution in [3.05, 3.63) is 0 Å². The van der Waals surface area contributed by atoms with E-state index in [1.807, 2.05) is 21.1 Å². The standard InChI is InChI=1S/C19H40NO3P/c1-5-6-7-8-9-10-11-12-13-14-15-16-18(21)19(22,24-23)17-20(2,3)4/h22-23H,5-17H2,1-4H3. The van der Waals surface area contributed by atoms with Gasteiger partial charge < -0.3 is 23.3 Å². The maximum Gasteiger partial charge on any atom is 0.142 e. The van der Waals surface area contributed by atoms with E-state index in [1.165, 1.54) is 51.4 Å². The van der Waals surface area contributed by atoms with Crippen molar-refractivity contribution >= 4 is 14.6 Å². The molecule has 2 N–H and O–H groups in total. The van der Waals surface area contributed by atoms with Crippen LogP contribution in [0.1, 0.15) is 84.0 Å². The topological polar surface area (TPSA) is 57.5 Å². The summed E-state index contributed by atoms with van der Waals surface area (Å²) in [6, 6.07) is 0. The molecule has 0 aromatic heterocycles. The normalized spacial score (nSPS) is 15.1. The van der Waals surface area contributed by atoms with E-state index < -0.39 is 5.34 Å². The molecule has 0 aliphatic carbocycles. The maximum atomic E-state index is 12.2. The quantitative estimate of drug-likeness (QED) is 0.242. The Hall–Kier alpha value is -0.0200. The van der Waals surface area contributed by atoms with Gasteiger partial charge in [-0.05, 0) is 6.42 Å². The molecule has 0 heterocycles. The first-order valence-corrected chi connectivity index (χ1v) is 10.5. The molecular formula is C19H40NO3P. The van der Waals surface area contributed by atoms with E-state index in [9.17, 15) is 14.8 Å².